The first kappa shape index (κ1) is 9.40. The molecule has 0 radical (unpaired) electrons. The third kappa shape index (κ3) is 2.20. The molecule has 1 aromatic rings. The Morgan fingerprint density at radius 3 is 2.46 bits per heavy atom. The fourth-order valence-electron chi connectivity index (χ4n) is 1.71. The average molecular weight is 262 g/mol. The molecule has 0 aromatic carbocycles. The van der Waals surface area contributed by atoms with Crippen LogP contribution in [0.2, 0.25) is 0 Å². The van der Waals surface area contributed by atoms with Crippen LogP contribution in [-0.2, 0) is 0 Å². The zero-order chi connectivity index (χ0) is 9.26. The fourth-order valence-corrected chi connectivity index (χ4v) is 3.02. The number of rotatable bonds is 1. The minimum atomic E-state index is 0.593. The topological polar surface area (TPSA) is 51.8 Å². The Morgan fingerprint density at radius 1 is 1.23 bits per heavy atom. The van der Waals surface area contributed by atoms with Crippen molar-refractivity contribution in [2.45, 2.75) is 36.4 Å². The summed E-state index contributed by atoms with van der Waals surface area (Å²) in [4.78, 5) is 0.703. The van der Waals surface area contributed by atoms with Crippen molar-refractivity contribution in [3.63, 3.8) is 0 Å². The lowest BCUT2D eigenvalue weighted by atomic mass is 9.90. The van der Waals surface area contributed by atoms with Crippen LogP contribution in [-0.4, -0.2) is 15.0 Å². The summed E-state index contributed by atoms with van der Waals surface area (Å²) in [7, 11) is 0. The van der Waals surface area contributed by atoms with Gasteiger partial charge in [0.25, 0.3) is 0 Å². The highest BCUT2D eigenvalue weighted by molar-refractivity contribution is 9.09. The van der Waals surface area contributed by atoms with E-state index in [0.29, 0.717) is 15.9 Å². The Labute approximate surface area is 89.9 Å². The molecule has 0 amide bonds. The first-order valence-electron chi connectivity index (χ1n) is 4.48. The molecule has 0 bridgehead atoms. The molecule has 0 atom stereocenters. The number of hydrogen-bond donors (Lipinski definition) is 1. The highest BCUT2D eigenvalue weighted by Gasteiger charge is 2.23. The summed E-state index contributed by atoms with van der Waals surface area (Å²) < 4.78 is 0. The molecule has 1 aromatic heterocycles. The van der Waals surface area contributed by atoms with Crippen LogP contribution < -0.4 is 5.73 Å². The van der Waals surface area contributed by atoms with Crippen molar-refractivity contribution in [2.24, 2.45) is 0 Å². The van der Waals surface area contributed by atoms with Gasteiger partial charge < -0.3 is 5.73 Å². The average Bonchev–Trinajstić information content (AvgIpc) is 2.53. The van der Waals surface area contributed by atoms with E-state index in [0.717, 1.165) is 5.01 Å². The van der Waals surface area contributed by atoms with Crippen LogP contribution in [0.5, 0.6) is 0 Å². The lowest BCUT2D eigenvalue weighted by molar-refractivity contribution is 0.454. The SMILES string of the molecule is Nc1nnc(C2CCC(Br)CC2)s1. The molecule has 2 rings (SSSR count). The van der Waals surface area contributed by atoms with Crippen LogP contribution in [0.3, 0.4) is 0 Å². The van der Waals surface area contributed by atoms with Crippen LogP contribution >= 0.6 is 27.3 Å². The van der Waals surface area contributed by atoms with Crippen LogP contribution in [0, 0.1) is 0 Å². The van der Waals surface area contributed by atoms with E-state index in [9.17, 15) is 0 Å². The molecule has 1 fully saturated rings. The summed E-state index contributed by atoms with van der Waals surface area (Å²) in [5.41, 5.74) is 5.55. The Bertz CT molecular complexity index is 281. The zero-order valence-corrected chi connectivity index (χ0v) is 9.64. The molecule has 5 heteroatoms. The van der Waals surface area contributed by atoms with Crippen molar-refractivity contribution in [1.82, 2.24) is 10.2 Å². The molecule has 1 heterocycles. The largest absolute Gasteiger partial charge is 0.374 e. The second-order valence-corrected chi connectivity index (χ2v) is 5.76. The van der Waals surface area contributed by atoms with Gasteiger partial charge in [0.1, 0.15) is 5.01 Å². The fraction of sp³-hybridized carbons (Fsp3) is 0.750. The first-order valence-corrected chi connectivity index (χ1v) is 6.22. The van der Waals surface area contributed by atoms with Gasteiger partial charge in [-0.2, -0.15) is 0 Å². The van der Waals surface area contributed by atoms with Crippen LogP contribution in [0.4, 0.5) is 5.13 Å². The quantitative estimate of drug-likeness (QED) is 0.791. The maximum Gasteiger partial charge on any atom is 0.203 e. The second-order valence-electron chi connectivity index (χ2n) is 3.43. The van der Waals surface area contributed by atoms with E-state index >= 15 is 0 Å². The summed E-state index contributed by atoms with van der Waals surface area (Å²) in [6.07, 6.45) is 4.91. The first-order chi connectivity index (χ1) is 6.25. The number of alkyl halides is 1. The molecule has 0 unspecified atom stereocenters. The van der Waals surface area contributed by atoms with Crippen molar-refractivity contribution in [3.05, 3.63) is 5.01 Å². The normalized spacial score (nSPS) is 29.0. The number of nitrogens with two attached hydrogens (primary N) is 1. The van der Waals surface area contributed by atoms with E-state index in [1.165, 1.54) is 37.0 Å². The Morgan fingerprint density at radius 2 is 1.92 bits per heavy atom. The molecule has 1 aliphatic carbocycles. The summed E-state index contributed by atoms with van der Waals surface area (Å²) in [6.45, 7) is 0. The zero-order valence-electron chi connectivity index (χ0n) is 7.24. The molecule has 0 saturated heterocycles. The standard InChI is InChI=1S/C8H12BrN3S/c9-6-3-1-5(2-4-6)7-11-12-8(10)13-7/h5-6H,1-4H2,(H2,10,12). The maximum atomic E-state index is 5.55. The van der Waals surface area contributed by atoms with E-state index in [4.69, 9.17) is 5.73 Å². The van der Waals surface area contributed by atoms with E-state index in [1.807, 2.05) is 0 Å². The molecule has 72 valence electrons. The van der Waals surface area contributed by atoms with E-state index < -0.39 is 0 Å². The van der Waals surface area contributed by atoms with Gasteiger partial charge >= 0.3 is 0 Å². The summed E-state index contributed by atoms with van der Waals surface area (Å²) in [5.74, 6) is 0.601. The van der Waals surface area contributed by atoms with Gasteiger partial charge in [-0.1, -0.05) is 27.3 Å². The lowest BCUT2D eigenvalue weighted by Gasteiger charge is -2.22. The van der Waals surface area contributed by atoms with Gasteiger partial charge in [-0.05, 0) is 25.7 Å². The summed E-state index contributed by atoms with van der Waals surface area (Å²) in [5, 5.41) is 9.65. The van der Waals surface area contributed by atoms with Crippen LogP contribution in [0.25, 0.3) is 0 Å². The smallest absolute Gasteiger partial charge is 0.203 e. The highest BCUT2D eigenvalue weighted by Crippen LogP contribution is 2.36. The predicted octanol–water partition coefficient (Wildman–Crippen LogP) is 2.54. The Hall–Kier alpha value is -0.160. The van der Waals surface area contributed by atoms with Gasteiger partial charge in [0, 0.05) is 10.7 Å². The summed E-state index contributed by atoms with van der Waals surface area (Å²) >= 11 is 5.17. The molecular formula is C8H12BrN3S. The number of nitrogen functional groups attached to an aromatic ring is 1. The minimum absolute atomic E-state index is 0.593. The Kier molecular flexibility index (Phi) is 2.83. The molecule has 0 spiro atoms. The van der Waals surface area contributed by atoms with Crippen LogP contribution in [0.1, 0.15) is 36.6 Å². The van der Waals surface area contributed by atoms with Crippen molar-refractivity contribution in [1.29, 1.82) is 0 Å². The van der Waals surface area contributed by atoms with Crippen molar-refractivity contribution in [3.8, 4) is 0 Å². The third-order valence-electron chi connectivity index (χ3n) is 2.46. The van der Waals surface area contributed by atoms with Gasteiger partial charge in [0.05, 0.1) is 0 Å². The molecule has 3 nitrogen and oxygen atoms in total. The van der Waals surface area contributed by atoms with Crippen LogP contribution in [0.15, 0.2) is 0 Å². The lowest BCUT2D eigenvalue weighted by Crippen LogP contribution is -2.12. The molecule has 13 heavy (non-hydrogen) atoms. The van der Waals surface area contributed by atoms with Gasteiger partial charge in [0.2, 0.25) is 5.13 Å². The Balaban J connectivity index is 2.02. The molecule has 1 saturated carbocycles. The number of nitrogens with zero attached hydrogens (tertiary/aromatic N) is 2. The highest BCUT2D eigenvalue weighted by atomic mass is 79.9. The van der Waals surface area contributed by atoms with E-state index in [2.05, 4.69) is 26.1 Å². The minimum Gasteiger partial charge on any atom is -0.374 e. The van der Waals surface area contributed by atoms with Crippen molar-refractivity contribution in [2.75, 3.05) is 5.73 Å². The van der Waals surface area contributed by atoms with E-state index in [1.54, 1.807) is 0 Å². The second kappa shape index (κ2) is 3.92. The maximum absolute atomic E-state index is 5.55. The van der Waals surface area contributed by atoms with Crippen molar-refractivity contribution >= 4 is 32.4 Å². The predicted molar refractivity (Wildman–Crippen MR) is 58.2 cm³/mol. The van der Waals surface area contributed by atoms with Gasteiger partial charge in [-0.25, -0.2) is 0 Å². The molecule has 1 aliphatic rings. The van der Waals surface area contributed by atoms with Crippen molar-refractivity contribution < 1.29 is 0 Å². The molecular weight excluding hydrogens is 250 g/mol. The number of aromatic nitrogens is 2. The van der Waals surface area contributed by atoms with E-state index in [-0.39, 0.29) is 0 Å². The third-order valence-corrected chi connectivity index (χ3v) is 4.29. The number of halogens is 1. The number of anilines is 1. The van der Waals surface area contributed by atoms with Gasteiger partial charge in [-0.3, -0.25) is 0 Å². The van der Waals surface area contributed by atoms with Gasteiger partial charge in [-0.15, -0.1) is 10.2 Å². The monoisotopic (exact) mass is 261 g/mol. The molecule has 0 aliphatic heterocycles. The number of hydrogen-bond acceptors (Lipinski definition) is 4. The van der Waals surface area contributed by atoms with Gasteiger partial charge in [0.15, 0.2) is 0 Å². The molecule has 2 N–H and O–H groups in total. The summed E-state index contributed by atoms with van der Waals surface area (Å²) in [6, 6.07) is 0.